The molecule has 0 bridgehead atoms. The molecule has 2 amide bonds. The van der Waals surface area contributed by atoms with Crippen molar-refractivity contribution in [2.45, 2.75) is 16.3 Å². The van der Waals surface area contributed by atoms with Crippen LogP contribution in [0.3, 0.4) is 0 Å². The van der Waals surface area contributed by atoms with Crippen molar-refractivity contribution < 1.29 is 13.2 Å². The summed E-state index contributed by atoms with van der Waals surface area (Å²) in [6.45, 7) is 0.352. The molecular formula is C18H15ClN4O3S. The van der Waals surface area contributed by atoms with E-state index in [1.165, 1.54) is 42.6 Å². The number of urea groups is 1. The summed E-state index contributed by atoms with van der Waals surface area (Å²) in [4.78, 5) is 19.8. The number of rotatable bonds is 5. The molecule has 0 aliphatic carbocycles. The fourth-order valence-electron chi connectivity index (χ4n) is 2.23. The Morgan fingerprint density at radius 3 is 2.26 bits per heavy atom. The quantitative estimate of drug-likeness (QED) is 0.638. The lowest BCUT2D eigenvalue weighted by Gasteiger charge is -2.09. The molecule has 3 rings (SSSR count). The fraction of sp³-hybridized carbons (Fsp3) is 0.0556. The van der Waals surface area contributed by atoms with Gasteiger partial charge in [0.05, 0.1) is 9.79 Å². The number of hydrogen-bond donors (Lipinski definition) is 2. The monoisotopic (exact) mass is 402 g/mol. The number of nitrogens with one attached hydrogen (secondary N) is 2. The number of nitrogens with zero attached hydrogens (tertiary/aromatic N) is 2. The number of benzene rings is 1. The minimum atomic E-state index is -3.70. The van der Waals surface area contributed by atoms with Gasteiger partial charge in [0.15, 0.2) is 0 Å². The van der Waals surface area contributed by atoms with Gasteiger partial charge in [0.1, 0.15) is 5.15 Å². The number of carbonyl (C=O) groups excluding carboxylic acids is 1. The van der Waals surface area contributed by atoms with E-state index in [0.29, 0.717) is 12.2 Å². The zero-order chi connectivity index (χ0) is 19.3. The first kappa shape index (κ1) is 18.8. The van der Waals surface area contributed by atoms with Gasteiger partial charge in [-0.05, 0) is 54.1 Å². The van der Waals surface area contributed by atoms with Crippen molar-refractivity contribution in [3.63, 3.8) is 0 Å². The molecule has 0 atom stereocenters. The van der Waals surface area contributed by atoms with Gasteiger partial charge in [-0.15, -0.1) is 0 Å². The van der Waals surface area contributed by atoms with E-state index in [9.17, 15) is 13.2 Å². The van der Waals surface area contributed by atoms with Gasteiger partial charge in [0, 0.05) is 30.8 Å². The van der Waals surface area contributed by atoms with E-state index in [1.807, 2.05) is 0 Å². The number of aromatic nitrogens is 2. The number of anilines is 1. The second kappa shape index (κ2) is 8.15. The first-order valence-corrected chi connectivity index (χ1v) is 9.72. The summed E-state index contributed by atoms with van der Waals surface area (Å²) in [5, 5.41) is 5.57. The number of pyridine rings is 2. The summed E-state index contributed by atoms with van der Waals surface area (Å²) in [5.41, 5.74) is 1.38. The SMILES string of the molecule is O=C(NCc1ccncc1)Nc1ccc(S(=O)(=O)c2ccc(Cl)nc2)cc1. The predicted octanol–water partition coefficient (Wildman–Crippen LogP) is 3.28. The van der Waals surface area contributed by atoms with Crippen LogP contribution in [0.1, 0.15) is 5.56 Å². The lowest BCUT2D eigenvalue weighted by Crippen LogP contribution is -2.28. The highest BCUT2D eigenvalue weighted by Crippen LogP contribution is 2.22. The van der Waals surface area contributed by atoms with E-state index in [0.717, 1.165) is 5.56 Å². The fourth-order valence-corrected chi connectivity index (χ4v) is 3.55. The molecule has 1 aromatic carbocycles. The van der Waals surface area contributed by atoms with E-state index >= 15 is 0 Å². The Labute approximate surface area is 161 Å². The Morgan fingerprint density at radius 2 is 1.63 bits per heavy atom. The molecule has 0 fully saturated rings. The first-order valence-electron chi connectivity index (χ1n) is 7.85. The summed E-state index contributed by atoms with van der Waals surface area (Å²) >= 11 is 5.69. The largest absolute Gasteiger partial charge is 0.334 e. The third kappa shape index (κ3) is 4.81. The van der Waals surface area contributed by atoms with Gasteiger partial charge in [-0.2, -0.15) is 0 Å². The highest BCUT2D eigenvalue weighted by atomic mass is 35.5. The maximum atomic E-state index is 12.6. The van der Waals surface area contributed by atoms with Crippen LogP contribution in [0.15, 0.2) is 76.9 Å². The predicted molar refractivity (Wildman–Crippen MR) is 101 cm³/mol. The second-order valence-corrected chi connectivity index (χ2v) is 7.84. The Morgan fingerprint density at radius 1 is 0.963 bits per heavy atom. The molecule has 0 saturated heterocycles. The van der Waals surface area contributed by atoms with Crippen LogP contribution < -0.4 is 10.6 Å². The normalized spacial score (nSPS) is 11.0. The van der Waals surface area contributed by atoms with Gasteiger partial charge < -0.3 is 10.6 Å². The smallest absolute Gasteiger partial charge is 0.319 e. The Hall–Kier alpha value is -2.97. The molecule has 2 heterocycles. The molecule has 2 N–H and O–H groups in total. The number of amides is 2. The van der Waals surface area contributed by atoms with Gasteiger partial charge in [-0.25, -0.2) is 18.2 Å². The van der Waals surface area contributed by atoms with E-state index < -0.39 is 15.9 Å². The molecule has 7 nitrogen and oxygen atoms in total. The molecule has 3 aromatic rings. The molecule has 2 aromatic heterocycles. The molecule has 9 heteroatoms. The van der Waals surface area contributed by atoms with E-state index in [4.69, 9.17) is 11.6 Å². The zero-order valence-corrected chi connectivity index (χ0v) is 15.5. The third-order valence-corrected chi connectivity index (χ3v) is 5.61. The van der Waals surface area contributed by atoms with E-state index in [2.05, 4.69) is 20.6 Å². The average molecular weight is 403 g/mol. The topological polar surface area (TPSA) is 101 Å². The zero-order valence-electron chi connectivity index (χ0n) is 14.0. The summed E-state index contributed by atoms with van der Waals surface area (Å²) in [5.74, 6) is 0. The van der Waals surface area contributed by atoms with Crippen LogP contribution >= 0.6 is 11.6 Å². The Balaban J connectivity index is 1.64. The van der Waals surface area contributed by atoms with Crippen LogP contribution in [0.2, 0.25) is 5.15 Å². The molecule has 0 radical (unpaired) electrons. The summed E-state index contributed by atoms with van der Waals surface area (Å²) < 4.78 is 25.1. The van der Waals surface area contributed by atoms with Crippen LogP contribution in [0.4, 0.5) is 10.5 Å². The minimum Gasteiger partial charge on any atom is -0.334 e. The maximum absolute atomic E-state index is 12.6. The summed E-state index contributed by atoms with van der Waals surface area (Å²) in [6.07, 6.45) is 4.49. The average Bonchev–Trinajstić information content (AvgIpc) is 2.68. The molecule has 27 heavy (non-hydrogen) atoms. The van der Waals surface area contributed by atoms with Crippen LogP contribution in [-0.4, -0.2) is 24.4 Å². The molecule has 0 aliphatic heterocycles. The molecular weight excluding hydrogens is 388 g/mol. The van der Waals surface area contributed by atoms with Crippen molar-refractivity contribution in [3.8, 4) is 0 Å². The van der Waals surface area contributed by atoms with Crippen LogP contribution in [0, 0.1) is 0 Å². The molecule has 0 spiro atoms. The first-order chi connectivity index (χ1) is 12.9. The van der Waals surface area contributed by atoms with Gasteiger partial charge in [0.25, 0.3) is 0 Å². The van der Waals surface area contributed by atoms with Gasteiger partial charge in [-0.1, -0.05) is 11.6 Å². The lowest BCUT2D eigenvalue weighted by atomic mass is 10.3. The van der Waals surface area contributed by atoms with Crippen molar-refractivity contribution in [2.24, 2.45) is 0 Å². The second-order valence-electron chi connectivity index (χ2n) is 5.51. The highest BCUT2D eigenvalue weighted by molar-refractivity contribution is 7.91. The van der Waals surface area contributed by atoms with E-state index in [-0.39, 0.29) is 14.9 Å². The molecule has 138 valence electrons. The number of carbonyl (C=O) groups is 1. The van der Waals surface area contributed by atoms with Crippen molar-refractivity contribution >= 4 is 33.2 Å². The van der Waals surface area contributed by atoms with Crippen molar-refractivity contribution in [3.05, 3.63) is 77.8 Å². The van der Waals surface area contributed by atoms with Gasteiger partial charge in [0.2, 0.25) is 9.84 Å². The van der Waals surface area contributed by atoms with Crippen LogP contribution in [0.25, 0.3) is 0 Å². The van der Waals surface area contributed by atoms with Crippen molar-refractivity contribution in [1.82, 2.24) is 15.3 Å². The third-order valence-electron chi connectivity index (χ3n) is 3.64. The standard InChI is InChI=1S/C18H15ClN4O3S/c19-17-6-5-16(12-21-17)27(25,26)15-3-1-14(2-4-15)23-18(24)22-11-13-7-9-20-10-8-13/h1-10,12H,11H2,(H2,22,23,24). The number of halogens is 1. The van der Waals surface area contributed by atoms with Gasteiger partial charge in [-0.3, -0.25) is 4.98 Å². The van der Waals surface area contributed by atoms with E-state index in [1.54, 1.807) is 24.5 Å². The van der Waals surface area contributed by atoms with Crippen molar-refractivity contribution in [2.75, 3.05) is 5.32 Å². The summed E-state index contributed by atoms with van der Waals surface area (Å²) in [7, 11) is -3.70. The van der Waals surface area contributed by atoms with Gasteiger partial charge >= 0.3 is 6.03 Å². The molecule has 0 aliphatic rings. The van der Waals surface area contributed by atoms with Crippen LogP contribution in [0.5, 0.6) is 0 Å². The molecule has 0 saturated carbocycles. The maximum Gasteiger partial charge on any atom is 0.319 e. The van der Waals surface area contributed by atoms with Crippen molar-refractivity contribution in [1.29, 1.82) is 0 Å². The number of sulfone groups is 1. The Kier molecular flexibility index (Phi) is 5.68. The highest BCUT2D eigenvalue weighted by Gasteiger charge is 2.18. The Bertz CT molecular complexity index is 1020. The number of hydrogen-bond acceptors (Lipinski definition) is 5. The van der Waals surface area contributed by atoms with Crippen LogP contribution in [-0.2, 0) is 16.4 Å². The minimum absolute atomic E-state index is 0.0442. The summed E-state index contributed by atoms with van der Waals surface area (Å²) in [6, 6.07) is 11.9. The molecule has 0 unspecified atom stereocenters. The lowest BCUT2D eigenvalue weighted by molar-refractivity contribution is 0.251.